The molecule has 6 nitrogen and oxygen atoms in total. The smallest absolute Gasteiger partial charge is 0.262 e. The molecule has 0 saturated carbocycles. The quantitative estimate of drug-likeness (QED) is 0.307. The molecule has 168 valence electrons. The standard InChI is InChI=1S/C26H22BrNO5/c1-15-7-6-10-20(16(15)2)32-14-23(29)28-24-18-8-4-5-9-21(18)33-26(24)25(30)17-11-12-22(31-3)19(27)13-17/h4-13H,14H2,1-3H3,(H,28,29). The number of carbonyl (C=O) groups is 2. The maximum Gasteiger partial charge on any atom is 0.262 e. The lowest BCUT2D eigenvalue weighted by Gasteiger charge is -2.11. The van der Waals surface area contributed by atoms with Crippen molar-refractivity contribution in [2.75, 3.05) is 19.0 Å². The molecule has 1 aromatic heterocycles. The van der Waals surface area contributed by atoms with Gasteiger partial charge in [-0.2, -0.15) is 0 Å². The summed E-state index contributed by atoms with van der Waals surface area (Å²) < 4.78 is 17.5. The van der Waals surface area contributed by atoms with Crippen LogP contribution in [-0.4, -0.2) is 25.4 Å². The second-order valence-corrected chi connectivity index (χ2v) is 8.37. The summed E-state index contributed by atoms with van der Waals surface area (Å²) in [5.74, 6) is 0.538. The Morgan fingerprint density at radius 1 is 1.00 bits per heavy atom. The third kappa shape index (κ3) is 4.64. The highest BCUT2D eigenvalue weighted by molar-refractivity contribution is 9.10. The van der Waals surface area contributed by atoms with Gasteiger partial charge in [0.25, 0.3) is 5.91 Å². The number of furan rings is 1. The molecular formula is C26H22BrNO5. The number of carbonyl (C=O) groups excluding carboxylic acids is 2. The van der Waals surface area contributed by atoms with Crippen LogP contribution in [0.3, 0.4) is 0 Å². The molecule has 3 aromatic carbocycles. The summed E-state index contributed by atoms with van der Waals surface area (Å²) in [7, 11) is 1.55. The first-order valence-corrected chi connectivity index (χ1v) is 11.1. The molecule has 1 N–H and O–H groups in total. The van der Waals surface area contributed by atoms with Crippen molar-refractivity contribution in [1.29, 1.82) is 0 Å². The number of benzene rings is 3. The lowest BCUT2D eigenvalue weighted by atomic mass is 10.1. The van der Waals surface area contributed by atoms with Gasteiger partial charge < -0.3 is 19.2 Å². The van der Waals surface area contributed by atoms with E-state index in [0.29, 0.717) is 38.2 Å². The maximum absolute atomic E-state index is 13.3. The molecule has 1 amide bonds. The Kier molecular flexibility index (Phi) is 6.51. The molecule has 0 fully saturated rings. The number of hydrogen-bond donors (Lipinski definition) is 1. The number of fused-ring (bicyclic) bond motifs is 1. The fraction of sp³-hybridized carbons (Fsp3) is 0.154. The van der Waals surface area contributed by atoms with Crippen LogP contribution in [0, 0.1) is 13.8 Å². The molecule has 0 unspecified atom stereocenters. The van der Waals surface area contributed by atoms with Crippen molar-refractivity contribution in [2.24, 2.45) is 0 Å². The molecule has 0 bridgehead atoms. The molecule has 0 atom stereocenters. The van der Waals surface area contributed by atoms with Crippen LogP contribution in [0.4, 0.5) is 5.69 Å². The topological polar surface area (TPSA) is 77.8 Å². The van der Waals surface area contributed by atoms with Gasteiger partial charge in [0.15, 0.2) is 12.4 Å². The summed E-state index contributed by atoms with van der Waals surface area (Å²) in [4.78, 5) is 26.1. The van der Waals surface area contributed by atoms with Gasteiger partial charge in [0.2, 0.25) is 5.78 Å². The van der Waals surface area contributed by atoms with Gasteiger partial charge in [0, 0.05) is 10.9 Å². The summed E-state index contributed by atoms with van der Waals surface area (Å²) in [5.41, 5.74) is 3.26. The number of methoxy groups -OCH3 is 1. The SMILES string of the molecule is COc1ccc(C(=O)c2oc3ccccc3c2NC(=O)COc2cccc(C)c2C)cc1Br. The van der Waals surface area contributed by atoms with Gasteiger partial charge in [-0.25, -0.2) is 0 Å². The van der Waals surface area contributed by atoms with E-state index in [1.54, 1.807) is 43.5 Å². The van der Waals surface area contributed by atoms with Crippen molar-refractivity contribution >= 4 is 44.3 Å². The highest BCUT2D eigenvalue weighted by Crippen LogP contribution is 2.34. The zero-order valence-electron chi connectivity index (χ0n) is 18.4. The highest BCUT2D eigenvalue weighted by atomic mass is 79.9. The average molecular weight is 508 g/mol. The minimum absolute atomic E-state index is 0.0494. The number of nitrogens with one attached hydrogen (secondary N) is 1. The van der Waals surface area contributed by atoms with E-state index in [9.17, 15) is 9.59 Å². The van der Waals surface area contributed by atoms with Crippen molar-refractivity contribution in [1.82, 2.24) is 0 Å². The lowest BCUT2D eigenvalue weighted by Crippen LogP contribution is -2.21. The van der Waals surface area contributed by atoms with Crippen molar-refractivity contribution in [3.05, 3.63) is 87.6 Å². The van der Waals surface area contributed by atoms with Crippen LogP contribution >= 0.6 is 15.9 Å². The van der Waals surface area contributed by atoms with Gasteiger partial charge in [-0.15, -0.1) is 0 Å². The van der Waals surface area contributed by atoms with E-state index in [0.717, 1.165) is 11.1 Å². The van der Waals surface area contributed by atoms with E-state index in [1.807, 2.05) is 38.1 Å². The predicted molar refractivity (Wildman–Crippen MR) is 130 cm³/mol. The molecule has 0 spiro atoms. The Hall–Kier alpha value is -3.58. The van der Waals surface area contributed by atoms with Gasteiger partial charge in [-0.05, 0) is 77.3 Å². The lowest BCUT2D eigenvalue weighted by molar-refractivity contribution is -0.118. The molecule has 0 aliphatic heterocycles. The van der Waals surface area contributed by atoms with E-state index in [2.05, 4.69) is 21.2 Å². The normalized spacial score (nSPS) is 10.8. The molecule has 4 aromatic rings. The molecule has 0 aliphatic carbocycles. The molecule has 0 radical (unpaired) electrons. The number of ketones is 1. The summed E-state index contributed by atoms with van der Waals surface area (Å²) in [6, 6.07) is 17.8. The summed E-state index contributed by atoms with van der Waals surface area (Å²) in [6.45, 7) is 3.72. The zero-order valence-corrected chi connectivity index (χ0v) is 20.0. The Morgan fingerprint density at radius 2 is 1.79 bits per heavy atom. The van der Waals surface area contributed by atoms with Crippen molar-refractivity contribution in [2.45, 2.75) is 13.8 Å². The Bertz CT molecular complexity index is 1360. The third-order valence-corrected chi connectivity index (χ3v) is 6.01. The number of ether oxygens (including phenoxy) is 2. The minimum Gasteiger partial charge on any atom is -0.496 e. The Balaban J connectivity index is 1.62. The number of hydrogen-bond acceptors (Lipinski definition) is 5. The van der Waals surface area contributed by atoms with Crippen LogP contribution in [0.1, 0.15) is 27.2 Å². The zero-order chi connectivity index (χ0) is 23.5. The van der Waals surface area contributed by atoms with Crippen LogP contribution in [0.25, 0.3) is 11.0 Å². The highest BCUT2D eigenvalue weighted by Gasteiger charge is 2.24. The number of halogens is 1. The fourth-order valence-electron chi connectivity index (χ4n) is 3.47. The van der Waals surface area contributed by atoms with E-state index in [-0.39, 0.29) is 18.2 Å². The number of rotatable bonds is 7. The van der Waals surface area contributed by atoms with E-state index in [1.165, 1.54) is 0 Å². The van der Waals surface area contributed by atoms with Crippen LogP contribution in [0.2, 0.25) is 0 Å². The molecule has 0 aliphatic rings. The maximum atomic E-state index is 13.3. The molecule has 0 saturated heterocycles. The third-order valence-electron chi connectivity index (χ3n) is 5.39. The average Bonchev–Trinajstić information content (AvgIpc) is 3.17. The molecule has 7 heteroatoms. The Labute approximate surface area is 199 Å². The van der Waals surface area contributed by atoms with Crippen LogP contribution in [0.5, 0.6) is 11.5 Å². The van der Waals surface area contributed by atoms with Crippen LogP contribution < -0.4 is 14.8 Å². The van der Waals surface area contributed by atoms with E-state index < -0.39 is 5.91 Å². The van der Waals surface area contributed by atoms with Crippen LogP contribution in [-0.2, 0) is 4.79 Å². The fourth-order valence-corrected chi connectivity index (χ4v) is 4.01. The molecule has 4 rings (SSSR count). The van der Waals surface area contributed by atoms with Gasteiger partial charge in [0.05, 0.1) is 17.3 Å². The first-order chi connectivity index (χ1) is 15.9. The van der Waals surface area contributed by atoms with Gasteiger partial charge in [0.1, 0.15) is 17.1 Å². The number of anilines is 1. The number of para-hydroxylation sites is 1. The largest absolute Gasteiger partial charge is 0.496 e. The van der Waals surface area contributed by atoms with E-state index >= 15 is 0 Å². The molecule has 1 heterocycles. The summed E-state index contributed by atoms with van der Waals surface area (Å²) in [6.07, 6.45) is 0. The number of aryl methyl sites for hydroxylation is 1. The van der Waals surface area contributed by atoms with Gasteiger partial charge >= 0.3 is 0 Å². The van der Waals surface area contributed by atoms with Crippen LogP contribution in [0.15, 0.2) is 69.6 Å². The second kappa shape index (κ2) is 9.50. The van der Waals surface area contributed by atoms with Crippen molar-refractivity contribution in [3.63, 3.8) is 0 Å². The number of amides is 1. The van der Waals surface area contributed by atoms with E-state index in [4.69, 9.17) is 13.9 Å². The predicted octanol–water partition coefficient (Wildman–Crippen LogP) is 6.07. The molecular weight excluding hydrogens is 486 g/mol. The van der Waals surface area contributed by atoms with Gasteiger partial charge in [-0.1, -0.05) is 24.3 Å². The monoisotopic (exact) mass is 507 g/mol. The van der Waals surface area contributed by atoms with Crippen molar-refractivity contribution in [3.8, 4) is 11.5 Å². The first kappa shape index (κ1) is 22.6. The first-order valence-electron chi connectivity index (χ1n) is 10.3. The second-order valence-electron chi connectivity index (χ2n) is 7.52. The Morgan fingerprint density at radius 3 is 2.55 bits per heavy atom. The summed E-state index contributed by atoms with van der Waals surface area (Å²) in [5, 5.41) is 3.44. The summed E-state index contributed by atoms with van der Waals surface area (Å²) >= 11 is 3.40. The van der Waals surface area contributed by atoms with Crippen molar-refractivity contribution < 1.29 is 23.5 Å². The molecule has 33 heavy (non-hydrogen) atoms. The minimum atomic E-state index is -0.396. The van der Waals surface area contributed by atoms with Gasteiger partial charge in [-0.3, -0.25) is 9.59 Å².